The number of nitrogen functional groups attached to an aromatic ring is 4. The number of nitrogens with two attached hydrogens (primary N) is 4. The summed E-state index contributed by atoms with van der Waals surface area (Å²) in [5, 5.41) is 43.8. The number of phenolic OH excluding ortho intramolecular Hbond substituents is 1. The number of phenols is 1. The van der Waals surface area contributed by atoms with E-state index in [4.69, 9.17) is 27.1 Å². The zero-order valence-electron chi connectivity index (χ0n) is 40.2. The zero-order valence-corrected chi connectivity index (χ0v) is 52.6. The molecule has 8 aromatic rings. The van der Waals surface area contributed by atoms with Crippen LogP contribution in [0.2, 0.25) is 0 Å². The summed E-state index contributed by atoms with van der Waals surface area (Å²) in [6, 6.07) is 34.5. The summed E-state index contributed by atoms with van der Waals surface area (Å²) in [7, 11) is -15.7. The normalized spacial score (nSPS) is 11.8. The molecule has 0 saturated carbocycles. The van der Waals surface area contributed by atoms with Crippen LogP contribution in [0, 0.1) is 12.1 Å². The predicted molar refractivity (Wildman–Crippen MR) is 253 cm³/mol. The second-order valence-electron chi connectivity index (χ2n) is 14.6. The minimum atomic E-state index is -5.35. The topological polar surface area (TPSA) is 404 Å². The van der Waals surface area contributed by atoms with Crippen LogP contribution in [0.3, 0.4) is 0 Å². The molecule has 0 radical (unpaired) electrons. The van der Waals surface area contributed by atoms with Crippen molar-refractivity contribution in [1.82, 2.24) is 0 Å². The summed E-state index contributed by atoms with van der Waals surface area (Å²) in [6.07, 6.45) is 0. The molecule has 0 atom stereocenters. The molecule has 31 heteroatoms. The van der Waals surface area contributed by atoms with E-state index in [1.165, 1.54) is 48.5 Å². The second-order valence-corrected chi connectivity index (χ2v) is 18.3. The van der Waals surface area contributed by atoms with Crippen LogP contribution in [-0.4, -0.2) is 44.0 Å². The Morgan fingerprint density at radius 3 is 1.47 bits per heavy atom. The molecule has 0 fully saturated rings. The smallest absolute Gasteiger partial charge is 0.746 e. The van der Waals surface area contributed by atoms with E-state index in [0.29, 0.717) is 28.2 Å². The number of hydrogen-bond acceptors (Lipinski definition) is 23. The van der Waals surface area contributed by atoms with Gasteiger partial charge in [0, 0.05) is 27.8 Å². The second kappa shape index (κ2) is 27.2. The van der Waals surface area contributed by atoms with Gasteiger partial charge in [0.05, 0.1) is 39.1 Å². The molecule has 23 nitrogen and oxygen atoms in total. The number of azo groups is 4. The van der Waals surface area contributed by atoms with Crippen LogP contribution in [0.4, 0.5) is 68.2 Å². The maximum Gasteiger partial charge on any atom is 1.00 e. The van der Waals surface area contributed by atoms with E-state index in [2.05, 4.69) is 53.0 Å². The first-order chi connectivity index (χ1) is 33.1. The molecule has 0 heterocycles. The first-order valence-electron chi connectivity index (χ1n) is 19.6. The molecular formula is C44H29N12Na5O11S3. The van der Waals surface area contributed by atoms with Gasteiger partial charge in [-0.25, -0.2) is 25.3 Å². The average Bonchev–Trinajstić information content (AvgIpc) is 3.30. The fourth-order valence-electron chi connectivity index (χ4n) is 6.64. The minimum Gasteiger partial charge on any atom is -0.746 e. The molecule has 0 spiro atoms. The SMILES string of the molecule is Nc1ccc(N=Nc2c(N)ccc3c(OS(=O)(=O)[O-])c(N=Nc4ccc(-c5ccc(N=Nc6c(S(=O)(=O)[O-])cc7c(N=Nc8[c-]c(S(=O)(=O)[O-])c(N)cc8)c(N)ccc7c6O)cc5)cc4)[c-]cc23)cc1.[Na+].[Na+].[Na+].[Na+].[Na+]. The predicted octanol–water partition coefficient (Wildman–Crippen LogP) is -5.38. The Bertz CT molecular complexity index is 3900. The Kier molecular flexibility index (Phi) is 23.7. The van der Waals surface area contributed by atoms with Gasteiger partial charge in [0.1, 0.15) is 31.6 Å². The molecule has 0 aliphatic rings. The summed E-state index contributed by atoms with van der Waals surface area (Å²) in [5.74, 6) is -1.24. The molecule has 9 N–H and O–H groups in total. The standard InChI is InChI=1S/C44H32N12O11S3.5Na/c45-25-5-11-28(12-6-25)50-54-40-30-16-20-37(44(67-70(64,65)66)32(30)15-19-35(40)47)53-49-26-7-1-23(2-8-26)24-3-9-27(10-4-24)51-56-42-39(69(61,62)63)22-33-31(43(42)57)14-18-36(48)41(33)55-52-29-13-17-34(46)38(21-29)68(58,59)60;;;;;/h1-19,22,57H,45-48H2,(H,58,59,60)(H,61,62,63)(H,64,65,66);;;;;/q-2;5*+1/p-3. The number of benzene rings is 8. The molecule has 354 valence electrons. The van der Waals surface area contributed by atoms with Crippen molar-refractivity contribution in [3.8, 4) is 22.6 Å². The van der Waals surface area contributed by atoms with Gasteiger partial charge in [0.25, 0.3) is 10.4 Å². The third-order valence-electron chi connectivity index (χ3n) is 9.94. The average molecular weight is 1110 g/mol. The van der Waals surface area contributed by atoms with Crippen molar-refractivity contribution >= 4 is 120 Å². The molecule has 75 heavy (non-hydrogen) atoms. The maximum atomic E-state index is 12.5. The number of nitrogens with zero attached hydrogens (tertiary/aromatic N) is 8. The van der Waals surface area contributed by atoms with Gasteiger partial charge in [-0.05, 0) is 94.5 Å². The quantitative estimate of drug-likeness (QED) is 0.0180. The van der Waals surface area contributed by atoms with E-state index in [0.717, 1.165) is 12.1 Å². The number of rotatable bonds is 13. The van der Waals surface area contributed by atoms with Gasteiger partial charge >= 0.3 is 148 Å². The molecule has 8 rings (SSSR count). The van der Waals surface area contributed by atoms with Crippen LogP contribution < -0.4 is 175 Å². The summed E-state index contributed by atoms with van der Waals surface area (Å²) in [5.41, 5.74) is 24.8. The molecule has 0 aromatic heterocycles. The maximum absolute atomic E-state index is 12.5. The van der Waals surface area contributed by atoms with Gasteiger partial charge in [0.2, 0.25) is 0 Å². The van der Waals surface area contributed by atoms with Crippen molar-refractivity contribution in [2.45, 2.75) is 9.79 Å². The van der Waals surface area contributed by atoms with Crippen molar-refractivity contribution in [1.29, 1.82) is 0 Å². The van der Waals surface area contributed by atoms with E-state index in [1.807, 2.05) is 0 Å². The van der Waals surface area contributed by atoms with Crippen LogP contribution in [0.5, 0.6) is 11.5 Å². The van der Waals surface area contributed by atoms with Crippen molar-refractivity contribution < 1.29 is 196 Å². The third-order valence-corrected chi connectivity index (χ3v) is 12.0. The Balaban J connectivity index is 0.00000296. The van der Waals surface area contributed by atoms with Crippen LogP contribution in [0.15, 0.2) is 172 Å². The molecule has 0 bridgehead atoms. The van der Waals surface area contributed by atoms with Crippen molar-refractivity contribution in [2.75, 3.05) is 22.9 Å². The van der Waals surface area contributed by atoms with Crippen LogP contribution in [0.1, 0.15) is 0 Å². The van der Waals surface area contributed by atoms with Crippen LogP contribution in [0.25, 0.3) is 32.7 Å². The zero-order chi connectivity index (χ0) is 50.1. The number of aromatic hydroxyl groups is 1. The van der Waals surface area contributed by atoms with Gasteiger partial charge in [-0.1, -0.05) is 46.8 Å². The number of anilines is 4. The minimum absolute atomic E-state index is 0. The Morgan fingerprint density at radius 1 is 0.480 bits per heavy atom. The van der Waals surface area contributed by atoms with Gasteiger partial charge < -0.3 is 45.9 Å². The molecular weight excluding hydrogens is 1080 g/mol. The molecule has 0 unspecified atom stereocenters. The van der Waals surface area contributed by atoms with Gasteiger partial charge in [-0.2, -0.15) is 42.8 Å². The van der Waals surface area contributed by atoms with Crippen molar-refractivity contribution in [3.05, 3.63) is 133 Å². The molecule has 0 aliphatic carbocycles. The summed E-state index contributed by atoms with van der Waals surface area (Å²) in [6.45, 7) is 0. The third kappa shape index (κ3) is 15.9. The summed E-state index contributed by atoms with van der Waals surface area (Å²) in [4.78, 5) is -1.86. The summed E-state index contributed by atoms with van der Waals surface area (Å²) >= 11 is 0. The number of fused-ring (bicyclic) bond motifs is 2. The Labute approximate surface area is 538 Å². The summed E-state index contributed by atoms with van der Waals surface area (Å²) < 4.78 is 113. The van der Waals surface area contributed by atoms with E-state index in [-0.39, 0.29) is 215 Å². The molecule has 0 saturated heterocycles. The molecule has 8 aromatic carbocycles. The monoisotopic (exact) mass is 1110 g/mol. The molecule has 0 amide bonds. The Morgan fingerprint density at radius 2 is 0.947 bits per heavy atom. The largest absolute Gasteiger partial charge is 1.00 e. The van der Waals surface area contributed by atoms with E-state index >= 15 is 0 Å². The van der Waals surface area contributed by atoms with Crippen molar-refractivity contribution in [3.63, 3.8) is 0 Å². The van der Waals surface area contributed by atoms with Crippen LogP contribution in [-0.2, 0) is 30.6 Å². The van der Waals surface area contributed by atoms with E-state index in [9.17, 15) is 44.0 Å². The number of hydrogen-bond donors (Lipinski definition) is 5. The van der Waals surface area contributed by atoms with Crippen LogP contribution >= 0.6 is 0 Å². The fourth-order valence-corrected chi connectivity index (χ4v) is 8.24. The first-order valence-corrected chi connectivity index (χ1v) is 23.7. The molecule has 0 aliphatic heterocycles. The van der Waals surface area contributed by atoms with E-state index in [1.54, 1.807) is 60.7 Å². The Hall–Kier alpha value is -3.79. The van der Waals surface area contributed by atoms with E-state index < -0.39 is 57.6 Å². The first kappa shape index (κ1) is 65.5. The fraction of sp³-hybridized carbons (Fsp3) is 0. The van der Waals surface area contributed by atoms with Gasteiger partial charge in [0.15, 0.2) is 5.75 Å². The van der Waals surface area contributed by atoms with Gasteiger partial charge in [-0.3, -0.25) is 0 Å². The van der Waals surface area contributed by atoms with Crippen molar-refractivity contribution in [2.24, 2.45) is 40.9 Å². The van der Waals surface area contributed by atoms with Gasteiger partial charge in [-0.15, -0.1) is 28.4 Å².